The third-order valence-corrected chi connectivity index (χ3v) is 5.52. The van der Waals surface area contributed by atoms with Crippen LogP contribution in [0.15, 0.2) is 30.8 Å². The Bertz CT molecular complexity index is 582. The Balaban J connectivity index is 2.24. The molecule has 1 aliphatic carbocycles. The van der Waals surface area contributed by atoms with Gasteiger partial charge in [0.15, 0.2) is 0 Å². The van der Waals surface area contributed by atoms with Crippen LogP contribution in [0.1, 0.15) is 31.9 Å². The monoisotopic (exact) mass is 265 g/mol. The standard InChI is InChI=1S/C14H19NO2S/c1-10-12-8-6-5-7-11(12)9-13(10)15-18(16,17)14(2,3)4/h5-8,13,15H,1,9H2,2-4H3. The summed E-state index contributed by atoms with van der Waals surface area (Å²) in [6, 6.07) is 7.71. The maximum absolute atomic E-state index is 12.2. The second-order valence-electron chi connectivity index (χ2n) is 5.67. The van der Waals surface area contributed by atoms with Gasteiger partial charge in [-0.3, -0.25) is 0 Å². The van der Waals surface area contributed by atoms with E-state index in [9.17, 15) is 8.42 Å². The molecule has 0 aliphatic heterocycles. The van der Waals surface area contributed by atoms with Crippen LogP contribution in [0.25, 0.3) is 5.57 Å². The van der Waals surface area contributed by atoms with Crippen molar-refractivity contribution in [2.45, 2.75) is 38.0 Å². The highest BCUT2D eigenvalue weighted by Crippen LogP contribution is 2.32. The molecule has 0 heterocycles. The van der Waals surface area contributed by atoms with E-state index in [-0.39, 0.29) is 6.04 Å². The van der Waals surface area contributed by atoms with E-state index in [0.717, 1.165) is 16.7 Å². The molecule has 0 saturated carbocycles. The molecule has 0 spiro atoms. The van der Waals surface area contributed by atoms with Gasteiger partial charge in [0.25, 0.3) is 0 Å². The molecular formula is C14H19NO2S. The third-order valence-electron chi connectivity index (χ3n) is 3.31. The van der Waals surface area contributed by atoms with E-state index in [0.29, 0.717) is 6.42 Å². The fourth-order valence-corrected chi connectivity index (χ4v) is 2.97. The molecule has 0 amide bonds. The average Bonchev–Trinajstić information content (AvgIpc) is 2.54. The lowest BCUT2D eigenvalue weighted by molar-refractivity contribution is 0.538. The maximum Gasteiger partial charge on any atom is 0.217 e. The Kier molecular flexibility index (Phi) is 3.11. The van der Waals surface area contributed by atoms with Crippen molar-refractivity contribution in [3.8, 4) is 0 Å². The van der Waals surface area contributed by atoms with Gasteiger partial charge in [-0.05, 0) is 43.9 Å². The Morgan fingerprint density at radius 3 is 2.44 bits per heavy atom. The summed E-state index contributed by atoms with van der Waals surface area (Å²) >= 11 is 0. The molecule has 3 nitrogen and oxygen atoms in total. The molecular weight excluding hydrogens is 246 g/mol. The van der Waals surface area contributed by atoms with E-state index < -0.39 is 14.8 Å². The molecule has 98 valence electrons. The van der Waals surface area contributed by atoms with Crippen molar-refractivity contribution in [2.24, 2.45) is 0 Å². The van der Waals surface area contributed by atoms with Crippen LogP contribution in [0, 0.1) is 0 Å². The number of hydrogen-bond acceptors (Lipinski definition) is 2. The summed E-state index contributed by atoms with van der Waals surface area (Å²) in [6.45, 7) is 9.10. The molecule has 1 unspecified atom stereocenters. The minimum atomic E-state index is -3.34. The quantitative estimate of drug-likeness (QED) is 0.892. The lowest BCUT2D eigenvalue weighted by Crippen LogP contribution is -2.44. The normalized spacial score (nSPS) is 19.9. The van der Waals surface area contributed by atoms with Crippen molar-refractivity contribution in [1.29, 1.82) is 0 Å². The first-order valence-corrected chi connectivity index (χ1v) is 7.49. The molecule has 1 aromatic rings. The molecule has 0 radical (unpaired) electrons. The van der Waals surface area contributed by atoms with Crippen LogP contribution in [-0.2, 0) is 16.4 Å². The van der Waals surface area contributed by atoms with E-state index in [1.54, 1.807) is 20.8 Å². The molecule has 1 atom stereocenters. The first-order chi connectivity index (χ1) is 8.22. The van der Waals surface area contributed by atoms with Gasteiger partial charge in [-0.2, -0.15) is 0 Å². The van der Waals surface area contributed by atoms with Gasteiger partial charge in [0.1, 0.15) is 0 Å². The zero-order valence-corrected chi connectivity index (χ0v) is 11.8. The van der Waals surface area contributed by atoms with Gasteiger partial charge < -0.3 is 0 Å². The van der Waals surface area contributed by atoms with Crippen LogP contribution >= 0.6 is 0 Å². The van der Waals surface area contributed by atoms with Crippen molar-refractivity contribution in [3.05, 3.63) is 42.0 Å². The van der Waals surface area contributed by atoms with E-state index >= 15 is 0 Å². The summed E-state index contributed by atoms with van der Waals surface area (Å²) in [4.78, 5) is 0. The average molecular weight is 265 g/mol. The molecule has 0 aromatic heterocycles. The Hall–Kier alpha value is -1.13. The maximum atomic E-state index is 12.2. The van der Waals surface area contributed by atoms with Crippen LogP contribution < -0.4 is 4.72 Å². The largest absolute Gasteiger partial charge is 0.217 e. The van der Waals surface area contributed by atoms with Crippen LogP contribution in [-0.4, -0.2) is 19.2 Å². The van der Waals surface area contributed by atoms with E-state index in [1.807, 2.05) is 24.3 Å². The number of fused-ring (bicyclic) bond motifs is 1. The van der Waals surface area contributed by atoms with Crippen molar-refractivity contribution in [2.75, 3.05) is 0 Å². The van der Waals surface area contributed by atoms with Gasteiger partial charge in [0, 0.05) is 0 Å². The number of hydrogen-bond donors (Lipinski definition) is 1. The summed E-state index contributed by atoms with van der Waals surface area (Å²) in [7, 11) is -3.34. The molecule has 0 bridgehead atoms. The highest BCUT2D eigenvalue weighted by Gasteiger charge is 2.34. The van der Waals surface area contributed by atoms with Gasteiger partial charge in [-0.15, -0.1) is 0 Å². The van der Waals surface area contributed by atoms with Crippen molar-refractivity contribution in [1.82, 2.24) is 4.72 Å². The van der Waals surface area contributed by atoms with Gasteiger partial charge in [-0.1, -0.05) is 30.8 Å². The zero-order valence-electron chi connectivity index (χ0n) is 11.0. The molecule has 1 N–H and O–H groups in total. The zero-order chi connectivity index (χ0) is 13.6. The predicted molar refractivity (Wildman–Crippen MR) is 74.8 cm³/mol. The molecule has 4 heteroatoms. The van der Waals surface area contributed by atoms with E-state index in [4.69, 9.17) is 0 Å². The van der Waals surface area contributed by atoms with Crippen molar-refractivity contribution >= 4 is 15.6 Å². The second kappa shape index (κ2) is 4.21. The van der Waals surface area contributed by atoms with E-state index in [1.165, 1.54) is 0 Å². The van der Waals surface area contributed by atoms with Crippen LogP contribution in [0.3, 0.4) is 0 Å². The predicted octanol–water partition coefficient (Wildman–Crippen LogP) is 2.34. The van der Waals surface area contributed by atoms with Crippen LogP contribution in [0.2, 0.25) is 0 Å². The Morgan fingerprint density at radius 1 is 1.28 bits per heavy atom. The number of sulfonamides is 1. The third kappa shape index (κ3) is 2.22. The molecule has 1 aromatic carbocycles. The number of rotatable bonds is 2. The Morgan fingerprint density at radius 2 is 1.89 bits per heavy atom. The van der Waals surface area contributed by atoms with Crippen molar-refractivity contribution in [3.63, 3.8) is 0 Å². The van der Waals surface area contributed by atoms with Gasteiger partial charge >= 0.3 is 0 Å². The summed E-state index contributed by atoms with van der Waals surface area (Å²) in [6.07, 6.45) is 0.685. The minimum absolute atomic E-state index is 0.216. The summed E-state index contributed by atoms with van der Waals surface area (Å²) in [5, 5.41) is 0. The SMILES string of the molecule is C=C1c2ccccc2CC1NS(=O)(=O)C(C)(C)C. The minimum Gasteiger partial charge on any atom is -0.212 e. The number of nitrogens with one attached hydrogen (secondary N) is 1. The molecule has 0 saturated heterocycles. The molecule has 2 rings (SSSR count). The second-order valence-corrected chi connectivity index (χ2v) is 8.14. The summed E-state index contributed by atoms with van der Waals surface area (Å²) < 4.78 is 26.3. The smallest absolute Gasteiger partial charge is 0.212 e. The summed E-state index contributed by atoms with van der Waals surface area (Å²) in [5.74, 6) is 0. The molecule has 18 heavy (non-hydrogen) atoms. The molecule has 1 aliphatic rings. The first kappa shape index (κ1) is 13.3. The molecule has 0 fully saturated rings. The fraction of sp³-hybridized carbons (Fsp3) is 0.429. The fourth-order valence-electron chi connectivity index (χ4n) is 2.02. The van der Waals surface area contributed by atoms with Gasteiger partial charge in [0.05, 0.1) is 10.8 Å². The lowest BCUT2D eigenvalue weighted by Gasteiger charge is -2.23. The van der Waals surface area contributed by atoms with Crippen molar-refractivity contribution < 1.29 is 8.42 Å². The van der Waals surface area contributed by atoms with E-state index in [2.05, 4.69) is 11.3 Å². The van der Waals surface area contributed by atoms with Gasteiger partial charge in [-0.25, -0.2) is 13.1 Å². The number of benzene rings is 1. The van der Waals surface area contributed by atoms with Crippen LogP contribution in [0.4, 0.5) is 0 Å². The summed E-state index contributed by atoms with van der Waals surface area (Å²) in [5.41, 5.74) is 3.08. The first-order valence-electron chi connectivity index (χ1n) is 6.01. The Labute approximate surface area is 109 Å². The highest BCUT2D eigenvalue weighted by molar-refractivity contribution is 7.90. The van der Waals surface area contributed by atoms with Gasteiger partial charge in [0.2, 0.25) is 10.0 Å². The lowest BCUT2D eigenvalue weighted by atomic mass is 10.1. The van der Waals surface area contributed by atoms with Crippen LogP contribution in [0.5, 0.6) is 0 Å². The highest BCUT2D eigenvalue weighted by atomic mass is 32.2. The topological polar surface area (TPSA) is 46.2 Å².